The van der Waals surface area contributed by atoms with Crippen LogP contribution in [0.5, 0.6) is 5.75 Å². The summed E-state index contributed by atoms with van der Waals surface area (Å²) >= 11 is 0. The normalized spacial score (nSPS) is 10.2. The van der Waals surface area contributed by atoms with Crippen molar-refractivity contribution in [3.8, 4) is 5.75 Å². The number of aromatic nitrogens is 1. The SMILES string of the molecule is O=C(CCCCCCCCCC[n+]1ccccc1)Oc1ccccc1.[Br-]. The Morgan fingerprint density at radius 2 is 1.27 bits per heavy atom. The summed E-state index contributed by atoms with van der Waals surface area (Å²) in [5.74, 6) is 0.519. The number of carbonyl (C=O) groups excluding carboxylic acids is 1. The Balaban J connectivity index is 0.00000338. The number of nitrogens with zero attached hydrogens (tertiary/aromatic N) is 1. The Morgan fingerprint density at radius 1 is 0.731 bits per heavy atom. The molecule has 0 N–H and O–H groups in total. The number of aryl methyl sites for hydroxylation is 1. The molecule has 0 amide bonds. The molecule has 0 saturated heterocycles. The Bertz CT molecular complexity index is 590. The largest absolute Gasteiger partial charge is 1.00 e. The minimum Gasteiger partial charge on any atom is -1.00 e. The molecule has 2 aromatic rings. The standard InChI is InChI=1S/C22H30NO2.BrH/c24-22(25-21-15-9-7-10-16-21)17-11-5-3-1-2-4-6-12-18-23-19-13-8-14-20-23;/h7-10,13-16,19-20H,1-6,11-12,17-18H2;1H/q+1;/p-1. The average Bonchev–Trinajstić information content (AvgIpc) is 2.65. The van der Waals surface area contributed by atoms with Gasteiger partial charge >= 0.3 is 5.97 Å². The van der Waals surface area contributed by atoms with Gasteiger partial charge in [-0.25, -0.2) is 4.57 Å². The van der Waals surface area contributed by atoms with Crippen LogP contribution >= 0.6 is 0 Å². The molecule has 0 saturated carbocycles. The molecule has 0 fully saturated rings. The maximum absolute atomic E-state index is 11.7. The van der Waals surface area contributed by atoms with Crippen LogP contribution in [0.25, 0.3) is 0 Å². The Kier molecular flexibility index (Phi) is 12.5. The molecule has 4 heteroatoms. The molecule has 1 heterocycles. The fourth-order valence-corrected chi connectivity index (χ4v) is 2.88. The van der Waals surface area contributed by atoms with Crippen molar-refractivity contribution < 1.29 is 31.1 Å². The Hall–Kier alpha value is -1.68. The number of pyridine rings is 1. The lowest BCUT2D eigenvalue weighted by molar-refractivity contribution is -0.697. The topological polar surface area (TPSA) is 30.2 Å². The van der Waals surface area contributed by atoms with Gasteiger partial charge in [0.25, 0.3) is 0 Å². The van der Waals surface area contributed by atoms with Gasteiger partial charge in [0.2, 0.25) is 0 Å². The zero-order valence-electron chi connectivity index (χ0n) is 15.5. The van der Waals surface area contributed by atoms with Crippen molar-refractivity contribution in [1.82, 2.24) is 0 Å². The molecule has 0 spiro atoms. The number of hydrogen-bond donors (Lipinski definition) is 0. The van der Waals surface area contributed by atoms with Crippen LogP contribution in [0, 0.1) is 0 Å². The maximum Gasteiger partial charge on any atom is 0.311 e. The van der Waals surface area contributed by atoms with E-state index in [1.54, 1.807) is 0 Å². The van der Waals surface area contributed by atoms with Gasteiger partial charge in [0.15, 0.2) is 12.4 Å². The van der Waals surface area contributed by atoms with Crippen LogP contribution in [0.15, 0.2) is 60.9 Å². The molecule has 0 unspecified atom stereocenters. The first-order valence-corrected chi connectivity index (χ1v) is 9.54. The van der Waals surface area contributed by atoms with Gasteiger partial charge in [0.1, 0.15) is 12.3 Å². The smallest absolute Gasteiger partial charge is 0.311 e. The van der Waals surface area contributed by atoms with Crippen molar-refractivity contribution in [1.29, 1.82) is 0 Å². The number of unbranched alkanes of at least 4 members (excludes halogenated alkanes) is 7. The number of benzene rings is 1. The van der Waals surface area contributed by atoms with E-state index < -0.39 is 0 Å². The van der Waals surface area contributed by atoms with Crippen LogP contribution < -0.4 is 26.3 Å². The summed E-state index contributed by atoms with van der Waals surface area (Å²) in [5, 5.41) is 0. The lowest BCUT2D eigenvalue weighted by atomic mass is 10.1. The zero-order chi connectivity index (χ0) is 17.6. The fourth-order valence-electron chi connectivity index (χ4n) is 2.88. The van der Waals surface area contributed by atoms with Crippen molar-refractivity contribution >= 4 is 5.97 Å². The lowest BCUT2D eigenvalue weighted by Crippen LogP contribution is -3.00. The molecule has 2 rings (SSSR count). The van der Waals surface area contributed by atoms with E-state index in [4.69, 9.17) is 4.74 Å². The second kappa shape index (κ2) is 14.5. The van der Waals surface area contributed by atoms with Gasteiger partial charge in [-0.2, -0.15) is 0 Å². The van der Waals surface area contributed by atoms with Crippen molar-refractivity contribution in [3.63, 3.8) is 0 Å². The Morgan fingerprint density at radius 3 is 1.92 bits per heavy atom. The van der Waals surface area contributed by atoms with E-state index >= 15 is 0 Å². The van der Waals surface area contributed by atoms with Gasteiger partial charge in [-0.15, -0.1) is 0 Å². The highest BCUT2D eigenvalue weighted by Crippen LogP contribution is 2.12. The summed E-state index contributed by atoms with van der Waals surface area (Å²) in [5.41, 5.74) is 0. The number of para-hydroxylation sites is 1. The summed E-state index contributed by atoms with van der Waals surface area (Å²) in [6.07, 6.45) is 14.5. The molecule has 1 aromatic carbocycles. The van der Waals surface area contributed by atoms with E-state index in [1.165, 1.54) is 38.5 Å². The number of rotatable bonds is 12. The van der Waals surface area contributed by atoms with Gasteiger partial charge < -0.3 is 21.7 Å². The van der Waals surface area contributed by atoms with Crippen LogP contribution in [-0.2, 0) is 11.3 Å². The first-order valence-electron chi connectivity index (χ1n) is 9.54. The maximum atomic E-state index is 11.7. The highest BCUT2D eigenvalue weighted by Gasteiger charge is 2.04. The van der Waals surface area contributed by atoms with Crippen LogP contribution in [0.2, 0.25) is 0 Å². The highest BCUT2D eigenvalue weighted by atomic mass is 79.9. The monoisotopic (exact) mass is 419 g/mol. The molecule has 26 heavy (non-hydrogen) atoms. The zero-order valence-corrected chi connectivity index (χ0v) is 17.1. The second-order valence-corrected chi connectivity index (χ2v) is 6.48. The molecule has 0 bridgehead atoms. The third kappa shape index (κ3) is 10.3. The van der Waals surface area contributed by atoms with Gasteiger partial charge in [-0.3, -0.25) is 4.79 Å². The van der Waals surface area contributed by atoms with E-state index in [2.05, 4.69) is 35.2 Å². The molecule has 3 nitrogen and oxygen atoms in total. The van der Waals surface area contributed by atoms with Gasteiger partial charge in [0, 0.05) is 25.0 Å². The van der Waals surface area contributed by atoms with Crippen molar-refractivity contribution in [2.75, 3.05) is 0 Å². The number of carbonyl (C=O) groups is 1. The third-order valence-electron chi connectivity index (χ3n) is 4.30. The summed E-state index contributed by atoms with van der Waals surface area (Å²) in [7, 11) is 0. The molecular weight excluding hydrogens is 390 g/mol. The summed E-state index contributed by atoms with van der Waals surface area (Å²) in [6.45, 7) is 1.12. The van der Waals surface area contributed by atoms with E-state index in [9.17, 15) is 4.79 Å². The highest BCUT2D eigenvalue weighted by molar-refractivity contribution is 5.72. The summed E-state index contributed by atoms with van der Waals surface area (Å²) in [6, 6.07) is 15.5. The van der Waals surface area contributed by atoms with E-state index in [1.807, 2.05) is 30.3 Å². The lowest BCUT2D eigenvalue weighted by Gasteiger charge is -2.04. The van der Waals surface area contributed by atoms with E-state index in [0.717, 1.165) is 19.4 Å². The second-order valence-electron chi connectivity index (χ2n) is 6.48. The fraction of sp³-hybridized carbons (Fsp3) is 0.455. The predicted molar refractivity (Wildman–Crippen MR) is 100 cm³/mol. The Labute approximate surface area is 168 Å². The first-order chi connectivity index (χ1) is 12.3. The molecule has 1 aromatic heterocycles. The first kappa shape index (κ1) is 22.4. The number of esters is 1. The molecule has 0 radical (unpaired) electrons. The molecule has 0 aliphatic heterocycles. The van der Waals surface area contributed by atoms with E-state index in [0.29, 0.717) is 12.2 Å². The van der Waals surface area contributed by atoms with Crippen molar-refractivity contribution in [3.05, 3.63) is 60.9 Å². The van der Waals surface area contributed by atoms with Crippen LogP contribution in [0.3, 0.4) is 0 Å². The van der Waals surface area contributed by atoms with Crippen molar-refractivity contribution in [2.24, 2.45) is 0 Å². The van der Waals surface area contributed by atoms with Crippen LogP contribution in [0.1, 0.15) is 57.8 Å². The minimum absolute atomic E-state index is 0. The third-order valence-corrected chi connectivity index (χ3v) is 4.30. The molecular formula is C22H30BrNO2. The summed E-state index contributed by atoms with van der Waals surface area (Å²) in [4.78, 5) is 11.7. The van der Waals surface area contributed by atoms with Crippen LogP contribution in [-0.4, -0.2) is 5.97 Å². The van der Waals surface area contributed by atoms with Gasteiger partial charge in [-0.1, -0.05) is 56.4 Å². The number of halogens is 1. The average molecular weight is 420 g/mol. The predicted octanol–water partition coefficient (Wildman–Crippen LogP) is 2.09. The molecule has 0 atom stereocenters. The van der Waals surface area contributed by atoms with E-state index in [-0.39, 0.29) is 23.0 Å². The summed E-state index contributed by atoms with van der Waals surface area (Å²) < 4.78 is 7.53. The quantitative estimate of drug-likeness (QED) is 0.228. The molecule has 0 aliphatic carbocycles. The van der Waals surface area contributed by atoms with Gasteiger partial charge in [-0.05, 0) is 25.0 Å². The number of hydrogen-bond acceptors (Lipinski definition) is 2. The minimum atomic E-state index is -0.121. The molecule has 0 aliphatic rings. The molecule has 142 valence electrons. The van der Waals surface area contributed by atoms with Gasteiger partial charge in [0.05, 0.1) is 0 Å². The van der Waals surface area contributed by atoms with Crippen LogP contribution in [0.4, 0.5) is 0 Å². The van der Waals surface area contributed by atoms with Crippen molar-refractivity contribution in [2.45, 2.75) is 64.3 Å². The number of ether oxygens (including phenoxy) is 1.